The van der Waals surface area contributed by atoms with Crippen LogP contribution >= 0.6 is 23.4 Å². The number of fused-ring (bicyclic) bond motifs is 1. The molecule has 0 unspecified atom stereocenters. The van der Waals surface area contributed by atoms with Crippen molar-refractivity contribution >= 4 is 45.9 Å². The average Bonchev–Trinajstić information content (AvgIpc) is 2.62. The molecule has 0 fully saturated rings. The number of hydrogen-bond donors (Lipinski definition) is 1. The second-order valence-corrected chi connectivity index (χ2v) is 8.31. The van der Waals surface area contributed by atoms with Gasteiger partial charge >= 0.3 is 0 Å². The first-order valence-electron chi connectivity index (χ1n) is 8.98. The largest absolute Gasteiger partial charge is 0.325 e. The van der Waals surface area contributed by atoms with Crippen LogP contribution < -0.4 is 10.9 Å². The topological polar surface area (TPSA) is 64.0 Å². The van der Waals surface area contributed by atoms with E-state index in [9.17, 15) is 9.59 Å². The quantitative estimate of drug-likeness (QED) is 0.471. The maximum atomic E-state index is 12.9. The van der Waals surface area contributed by atoms with Gasteiger partial charge in [0.05, 0.1) is 16.7 Å². The fourth-order valence-corrected chi connectivity index (χ4v) is 4.12. The standard InChI is InChI=1S/C21H22ClN3O2S/c1-12(2)25-20(27)16-9-8-15(22)10-17(16)23-21(25)28-11-18(26)24-19-13(3)6-5-7-14(19)4/h5-10,12H,11H2,1-4H3,(H,24,26). The number of thioether (sulfide) groups is 1. The molecular formula is C21H22ClN3O2S. The van der Waals surface area contributed by atoms with Gasteiger partial charge in [0.15, 0.2) is 5.16 Å². The van der Waals surface area contributed by atoms with E-state index in [2.05, 4.69) is 10.3 Å². The fraction of sp³-hybridized carbons (Fsp3) is 0.286. The highest BCUT2D eigenvalue weighted by atomic mass is 35.5. The number of anilines is 1. The van der Waals surface area contributed by atoms with Gasteiger partial charge in [0, 0.05) is 16.8 Å². The Kier molecular flexibility index (Phi) is 6.10. The monoisotopic (exact) mass is 415 g/mol. The van der Waals surface area contributed by atoms with Crippen molar-refractivity contribution in [2.45, 2.75) is 38.9 Å². The van der Waals surface area contributed by atoms with Crippen molar-refractivity contribution in [3.63, 3.8) is 0 Å². The predicted octanol–water partition coefficient (Wildman–Crippen LogP) is 4.98. The minimum absolute atomic E-state index is 0.0794. The second-order valence-electron chi connectivity index (χ2n) is 6.93. The Morgan fingerprint density at radius 3 is 2.54 bits per heavy atom. The molecule has 0 aliphatic rings. The van der Waals surface area contributed by atoms with Gasteiger partial charge in [0.1, 0.15) is 0 Å². The molecule has 146 valence electrons. The zero-order valence-electron chi connectivity index (χ0n) is 16.2. The molecule has 0 bridgehead atoms. The molecule has 7 heteroatoms. The van der Waals surface area contributed by atoms with Crippen LogP contribution in [0.4, 0.5) is 5.69 Å². The second kappa shape index (κ2) is 8.37. The third kappa shape index (κ3) is 4.23. The Balaban J connectivity index is 1.88. The molecule has 1 amide bonds. The van der Waals surface area contributed by atoms with Gasteiger partial charge in [0.25, 0.3) is 5.56 Å². The summed E-state index contributed by atoms with van der Waals surface area (Å²) in [5, 5.41) is 4.50. The molecule has 0 radical (unpaired) electrons. The molecular weight excluding hydrogens is 394 g/mol. The molecule has 2 aromatic carbocycles. The van der Waals surface area contributed by atoms with Crippen LogP contribution in [0.5, 0.6) is 0 Å². The van der Waals surface area contributed by atoms with Crippen LogP contribution in [-0.2, 0) is 4.79 Å². The van der Waals surface area contributed by atoms with Gasteiger partial charge in [0.2, 0.25) is 5.91 Å². The van der Waals surface area contributed by atoms with Crippen LogP contribution in [0.15, 0.2) is 46.3 Å². The van der Waals surface area contributed by atoms with Gasteiger partial charge in [-0.1, -0.05) is 41.6 Å². The highest BCUT2D eigenvalue weighted by Gasteiger charge is 2.16. The Morgan fingerprint density at radius 1 is 1.21 bits per heavy atom. The van der Waals surface area contributed by atoms with Crippen LogP contribution in [0.3, 0.4) is 0 Å². The minimum atomic E-state index is -0.141. The molecule has 0 spiro atoms. The Morgan fingerprint density at radius 2 is 1.89 bits per heavy atom. The predicted molar refractivity (Wildman–Crippen MR) is 117 cm³/mol. The summed E-state index contributed by atoms with van der Waals surface area (Å²) in [7, 11) is 0. The van der Waals surface area contributed by atoms with Gasteiger partial charge in [-0.15, -0.1) is 0 Å². The number of amides is 1. The summed E-state index contributed by atoms with van der Waals surface area (Å²) in [6, 6.07) is 10.8. The zero-order chi connectivity index (χ0) is 20.4. The molecule has 0 saturated heterocycles. The number of rotatable bonds is 5. The van der Waals surface area contributed by atoms with E-state index >= 15 is 0 Å². The van der Waals surface area contributed by atoms with Crippen molar-refractivity contribution in [1.82, 2.24) is 9.55 Å². The number of benzene rings is 2. The number of carbonyl (C=O) groups is 1. The minimum Gasteiger partial charge on any atom is -0.325 e. The van der Waals surface area contributed by atoms with Crippen molar-refractivity contribution in [3.8, 4) is 0 Å². The van der Waals surface area contributed by atoms with Gasteiger partial charge in [-0.25, -0.2) is 4.98 Å². The third-order valence-corrected chi connectivity index (χ3v) is 5.61. The molecule has 3 aromatic rings. The first-order chi connectivity index (χ1) is 13.3. The van der Waals surface area contributed by atoms with E-state index in [1.165, 1.54) is 11.8 Å². The lowest BCUT2D eigenvalue weighted by atomic mass is 10.1. The number of hydrogen-bond acceptors (Lipinski definition) is 4. The molecule has 0 aliphatic carbocycles. The van der Waals surface area contributed by atoms with Crippen LogP contribution in [0, 0.1) is 13.8 Å². The van der Waals surface area contributed by atoms with Crippen molar-refractivity contribution in [2.24, 2.45) is 0 Å². The van der Waals surface area contributed by atoms with E-state index < -0.39 is 0 Å². The van der Waals surface area contributed by atoms with E-state index in [1.54, 1.807) is 22.8 Å². The summed E-state index contributed by atoms with van der Waals surface area (Å²) < 4.78 is 1.62. The molecule has 1 N–H and O–H groups in total. The molecule has 1 aromatic heterocycles. The lowest BCUT2D eigenvalue weighted by molar-refractivity contribution is -0.113. The lowest BCUT2D eigenvalue weighted by Gasteiger charge is -2.16. The Hall–Kier alpha value is -2.31. The summed E-state index contributed by atoms with van der Waals surface area (Å²) in [4.78, 5) is 30.0. The molecule has 0 aliphatic heterocycles. The van der Waals surface area contributed by atoms with Crippen LogP contribution in [0.1, 0.15) is 31.0 Å². The highest BCUT2D eigenvalue weighted by molar-refractivity contribution is 7.99. The van der Waals surface area contributed by atoms with Gasteiger partial charge in [-0.3, -0.25) is 14.2 Å². The number of aromatic nitrogens is 2. The SMILES string of the molecule is Cc1cccc(C)c1NC(=O)CSc1nc2cc(Cl)ccc2c(=O)n1C(C)C. The van der Waals surface area contributed by atoms with Crippen molar-refractivity contribution in [2.75, 3.05) is 11.1 Å². The van der Waals surface area contributed by atoms with E-state index in [0.717, 1.165) is 16.8 Å². The van der Waals surface area contributed by atoms with Crippen LogP contribution in [-0.4, -0.2) is 21.2 Å². The van der Waals surface area contributed by atoms with Crippen molar-refractivity contribution in [1.29, 1.82) is 0 Å². The Labute approximate surface area is 173 Å². The molecule has 0 saturated carbocycles. The number of nitrogens with one attached hydrogen (secondary N) is 1. The summed E-state index contributed by atoms with van der Waals surface area (Å²) in [5.41, 5.74) is 3.25. The van der Waals surface area contributed by atoms with E-state index in [4.69, 9.17) is 11.6 Å². The first-order valence-corrected chi connectivity index (χ1v) is 10.3. The fourth-order valence-electron chi connectivity index (χ4n) is 3.03. The summed E-state index contributed by atoms with van der Waals surface area (Å²) in [6.07, 6.45) is 0. The van der Waals surface area contributed by atoms with Gasteiger partial charge in [-0.2, -0.15) is 0 Å². The van der Waals surface area contributed by atoms with Crippen LogP contribution in [0.25, 0.3) is 10.9 Å². The smallest absolute Gasteiger partial charge is 0.262 e. The van der Waals surface area contributed by atoms with E-state index in [1.807, 2.05) is 45.9 Å². The Bertz CT molecular complexity index is 1090. The maximum absolute atomic E-state index is 12.9. The van der Waals surface area contributed by atoms with Crippen molar-refractivity contribution in [3.05, 3.63) is 62.9 Å². The molecule has 5 nitrogen and oxygen atoms in total. The molecule has 3 rings (SSSR count). The number of para-hydroxylation sites is 1. The molecule has 0 atom stereocenters. The summed E-state index contributed by atoms with van der Waals surface area (Å²) >= 11 is 7.30. The molecule has 28 heavy (non-hydrogen) atoms. The summed E-state index contributed by atoms with van der Waals surface area (Å²) in [6.45, 7) is 7.76. The van der Waals surface area contributed by atoms with Gasteiger partial charge < -0.3 is 5.32 Å². The third-order valence-electron chi connectivity index (χ3n) is 4.43. The first kappa shape index (κ1) is 20.4. The number of nitrogens with zero attached hydrogens (tertiary/aromatic N) is 2. The number of halogens is 1. The highest BCUT2D eigenvalue weighted by Crippen LogP contribution is 2.24. The zero-order valence-corrected chi connectivity index (χ0v) is 17.8. The van der Waals surface area contributed by atoms with Gasteiger partial charge in [-0.05, 0) is 57.0 Å². The molecule has 1 heterocycles. The average molecular weight is 416 g/mol. The normalized spacial score (nSPS) is 11.2. The summed E-state index contributed by atoms with van der Waals surface area (Å²) in [5.74, 6) is 0.0112. The van der Waals surface area contributed by atoms with Crippen molar-refractivity contribution < 1.29 is 4.79 Å². The van der Waals surface area contributed by atoms with Crippen LogP contribution in [0.2, 0.25) is 5.02 Å². The van der Waals surface area contributed by atoms with E-state index in [0.29, 0.717) is 21.1 Å². The number of aryl methyl sites for hydroxylation is 2. The maximum Gasteiger partial charge on any atom is 0.262 e. The lowest BCUT2D eigenvalue weighted by Crippen LogP contribution is -2.25. The van der Waals surface area contributed by atoms with E-state index in [-0.39, 0.29) is 23.3 Å². The number of carbonyl (C=O) groups excluding carboxylic acids is 1.